The lowest BCUT2D eigenvalue weighted by Crippen LogP contribution is -2.56. The lowest BCUT2D eigenvalue weighted by atomic mass is 9.89. The molecule has 0 saturated carbocycles. The average molecular weight is 431 g/mol. The predicted molar refractivity (Wildman–Crippen MR) is 126 cm³/mol. The third-order valence-corrected chi connectivity index (χ3v) is 8.34. The van der Waals surface area contributed by atoms with E-state index in [1.54, 1.807) is 0 Å². The summed E-state index contributed by atoms with van der Waals surface area (Å²) in [6.45, 7) is 8.55. The van der Waals surface area contributed by atoms with Gasteiger partial charge in [-0.3, -0.25) is 9.59 Å². The summed E-state index contributed by atoms with van der Waals surface area (Å²) in [4.78, 5) is 32.3. The van der Waals surface area contributed by atoms with Crippen molar-refractivity contribution in [2.24, 2.45) is 23.7 Å². The van der Waals surface area contributed by atoms with Crippen LogP contribution in [-0.4, -0.2) is 33.7 Å². The molecule has 32 heavy (non-hydrogen) atoms. The van der Waals surface area contributed by atoms with Gasteiger partial charge in [0.2, 0.25) is 11.8 Å². The fraction of sp³-hybridized carbons (Fsp3) is 0.500. The summed E-state index contributed by atoms with van der Waals surface area (Å²) in [7, 11) is 0. The highest BCUT2D eigenvalue weighted by Crippen LogP contribution is 2.50. The molecule has 8 atom stereocenters. The molecule has 0 bridgehead atoms. The van der Waals surface area contributed by atoms with Crippen molar-refractivity contribution in [2.45, 2.75) is 64.7 Å². The molecular formula is C28H34N2O2. The second kappa shape index (κ2) is 8.06. The van der Waals surface area contributed by atoms with Gasteiger partial charge in [-0.15, -0.1) is 0 Å². The number of carbonyl (C=O) groups is 2. The van der Waals surface area contributed by atoms with Gasteiger partial charge in [0.1, 0.15) is 0 Å². The number of fused-ring (bicyclic) bond motifs is 2. The number of carbonyl (C=O) groups excluding carboxylic acids is 2. The van der Waals surface area contributed by atoms with E-state index in [9.17, 15) is 9.59 Å². The molecule has 5 rings (SSSR count). The van der Waals surface area contributed by atoms with Crippen molar-refractivity contribution in [3.8, 4) is 0 Å². The molecule has 3 fully saturated rings. The van der Waals surface area contributed by atoms with E-state index in [2.05, 4.69) is 47.9 Å². The molecule has 3 aliphatic heterocycles. The molecule has 0 radical (unpaired) electrons. The number of hydrogen-bond donors (Lipinski definition) is 0. The monoisotopic (exact) mass is 430 g/mol. The molecule has 0 spiro atoms. The van der Waals surface area contributed by atoms with Gasteiger partial charge in [0.15, 0.2) is 0 Å². The second-order valence-corrected chi connectivity index (χ2v) is 10.3. The number of nitrogens with zero attached hydrogens (tertiary/aromatic N) is 2. The summed E-state index contributed by atoms with van der Waals surface area (Å²) >= 11 is 0. The van der Waals surface area contributed by atoms with Crippen molar-refractivity contribution < 1.29 is 9.59 Å². The molecule has 4 nitrogen and oxygen atoms in total. The third-order valence-electron chi connectivity index (χ3n) is 8.34. The predicted octanol–water partition coefficient (Wildman–Crippen LogP) is 5.23. The highest BCUT2D eigenvalue weighted by atomic mass is 16.2. The molecule has 2 aromatic carbocycles. The van der Waals surface area contributed by atoms with E-state index in [1.807, 2.05) is 50.2 Å². The minimum Gasteiger partial charge on any atom is -0.331 e. The van der Waals surface area contributed by atoms with Crippen molar-refractivity contribution in [2.75, 3.05) is 0 Å². The van der Waals surface area contributed by atoms with Gasteiger partial charge in [0, 0.05) is 12.1 Å². The van der Waals surface area contributed by atoms with Gasteiger partial charge in [-0.05, 0) is 35.8 Å². The van der Waals surface area contributed by atoms with Crippen LogP contribution in [-0.2, 0) is 9.59 Å². The molecule has 0 aromatic heterocycles. The van der Waals surface area contributed by atoms with Crippen molar-refractivity contribution in [3.63, 3.8) is 0 Å². The van der Waals surface area contributed by atoms with Gasteiger partial charge in [-0.1, -0.05) is 88.4 Å². The number of amides is 2. The fourth-order valence-corrected chi connectivity index (χ4v) is 6.78. The first-order chi connectivity index (χ1) is 15.4. The summed E-state index contributed by atoms with van der Waals surface area (Å²) in [6.07, 6.45) is 1.74. The van der Waals surface area contributed by atoms with E-state index in [0.717, 1.165) is 12.8 Å². The number of hydrogen-bond acceptors (Lipinski definition) is 2. The highest BCUT2D eigenvalue weighted by molar-refractivity contribution is 5.87. The Bertz CT molecular complexity index is 910. The Balaban J connectivity index is 1.56. The molecule has 0 N–H and O–H groups in total. The Morgan fingerprint density at radius 3 is 1.28 bits per heavy atom. The van der Waals surface area contributed by atoms with Crippen molar-refractivity contribution in [3.05, 3.63) is 71.8 Å². The van der Waals surface area contributed by atoms with E-state index in [4.69, 9.17) is 0 Å². The first-order valence-electron chi connectivity index (χ1n) is 12.1. The Labute approximate surface area is 191 Å². The molecule has 0 aliphatic carbocycles. The van der Waals surface area contributed by atoms with Crippen LogP contribution < -0.4 is 0 Å². The van der Waals surface area contributed by atoms with Crippen LogP contribution in [0.15, 0.2) is 60.7 Å². The Morgan fingerprint density at radius 2 is 0.938 bits per heavy atom. The zero-order chi connectivity index (χ0) is 22.6. The smallest absolute Gasteiger partial charge is 0.228 e. The lowest BCUT2D eigenvalue weighted by molar-refractivity contribution is -0.154. The summed E-state index contributed by atoms with van der Waals surface area (Å²) in [5, 5.41) is 0. The minimum absolute atomic E-state index is 0.0432. The molecular weight excluding hydrogens is 396 g/mol. The van der Waals surface area contributed by atoms with Crippen LogP contribution in [0.5, 0.6) is 0 Å². The van der Waals surface area contributed by atoms with Crippen LogP contribution in [0.1, 0.15) is 63.7 Å². The van der Waals surface area contributed by atoms with Gasteiger partial charge in [-0.2, -0.15) is 0 Å². The molecule has 2 amide bonds. The Hall–Kier alpha value is -2.62. The normalized spacial score (nSPS) is 37.1. The van der Waals surface area contributed by atoms with Gasteiger partial charge >= 0.3 is 0 Å². The topological polar surface area (TPSA) is 40.6 Å². The van der Waals surface area contributed by atoms with E-state index >= 15 is 0 Å². The largest absolute Gasteiger partial charge is 0.331 e. The lowest BCUT2D eigenvalue weighted by Gasteiger charge is -2.44. The van der Waals surface area contributed by atoms with Crippen LogP contribution in [0.25, 0.3) is 0 Å². The molecule has 3 heterocycles. The second-order valence-electron chi connectivity index (χ2n) is 10.3. The standard InChI is InChI=1S/C28H34N2O2/c1-17-15-23-19(3)28(32)30-24(16-18(2)26(30)22-13-9-6-10-14-22)20(4)27(31)29(23)25(17)21-11-7-5-8-12-21/h5-14,17-20,23-26H,15-16H2,1-4H3/t17-,18-,19+,20+,23+,24+,25+,26+/m0/s1. The molecule has 3 saturated heterocycles. The summed E-state index contributed by atoms with van der Waals surface area (Å²) in [6, 6.07) is 20.7. The number of benzene rings is 2. The summed E-state index contributed by atoms with van der Waals surface area (Å²) in [5.41, 5.74) is 2.36. The molecule has 3 aliphatic rings. The van der Waals surface area contributed by atoms with Crippen molar-refractivity contribution in [1.29, 1.82) is 0 Å². The van der Waals surface area contributed by atoms with Crippen molar-refractivity contribution >= 4 is 11.8 Å². The summed E-state index contributed by atoms with van der Waals surface area (Å²) in [5.74, 6) is 0.659. The minimum atomic E-state index is -0.207. The van der Waals surface area contributed by atoms with Crippen LogP contribution in [0, 0.1) is 23.7 Å². The summed E-state index contributed by atoms with van der Waals surface area (Å²) < 4.78 is 0. The Morgan fingerprint density at radius 1 is 0.594 bits per heavy atom. The first kappa shape index (κ1) is 21.2. The maximum absolute atomic E-state index is 14.0. The molecule has 2 aromatic rings. The zero-order valence-electron chi connectivity index (χ0n) is 19.5. The van der Waals surface area contributed by atoms with E-state index in [-0.39, 0.29) is 47.8 Å². The van der Waals surface area contributed by atoms with Gasteiger partial charge in [-0.25, -0.2) is 0 Å². The highest BCUT2D eigenvalue weighted by Gasteiger charge is 2.55. The molecule has 4 heteroatoms. The zero-order valence-corrected chi connectivity index (χ0v) is 19.5. The maximum atomic E-state index is 14.0. The fourth-order valence-electron chi connectivity index (χ4n) is 6.78. The van der Waals surface area contributed by atoms with Crippen LogP contribution in [0.3, 0.4) is 0 Å². The van der Waals surface area contributed by atoms with E-state index in [0.29, 0.717) is 11.8 Å². The quantitative estimate of drug-likeness (QED) is 0.655. The first-order valence-corrected chi connectivity index (χ1v) is 12.1. The van der Waals surface area contributed by atoms with Crippen LogP contribution >= 0.6 is 0 Å². The van der Waals surface area contributed by atoms with Gasteiger partial charge < -0.3 is 9.80 Å². The average Bonchev–Trinajstić information content (AvgIpc) is 3.34. The van der Waals surface area contributed by atoms with Crippen LogP contribution in [0.4, 0.5) is 0 Å². The van der Waals surface area contributed by atoms with Gasteiger partial charge in [0.05, 0.1) is 23.9 Å². The van der Waals surface area contributed by atoms with Crippen LogP contribution in [0.2, 0.25) is 0 Å². The maximum Gasteiger partial charge on any atom is 0.228 e. The third kappa shape index (κ3) is 3.18. The Kier molecular flexibility index (Phi) is 5.35. The van der Waals surface area contributed by atoms with E-state index < -0.39 is 0 Å². The number of rotatable bonds is 2. The van der Waals surface area contributed by atoms with Gasteiger partial charge in [0.25, 0.3) is 0 Å². The molecule has 168 valence electrons. The van der Waals surface area contributed by atoms with Crippen molar-refractivity contribution in [1.82, 2.24) is 9.80 Å². The SMILES string of the molecule is C[C@H]1C[C@@H]2[C@@H](C)C(=O)N3[C@H](C[C@H](C)[C@@H]3c3ccccc3)[C@@H](C)C(=O)N2[C@H]1c1ccccc1. The molecule has 0 unspecified atom stereocenters. The van der Waals surface area contributed by atoms with E-state index in [1.165, 1.54) is 11.1 Å².